The monoisotopic (exact) mass is 324 g/mol. The molecule has 2 aromatic carbocycles. The lowest BCUT2D eigenvalue weighted by atomic mass is 9.85. The van der Waals surface area contributed by atoms with Crippen molar-refractivity contribution in [3.8, 4) is 0 Å². The highest BCUT2D eigenvalue weighted by molar-refractivity contribution is 6.10. The molecule has 1 aliphatic rings. The number of carbonyl (C=O) groups excluding carboxylic acids is 2. The maximum atomic E-state index is 15.9. The molecule has 3 rings (SSSR count). The van der Waals surface area contributed by atoms with E-state index in [0.717, 1.165) is 0 Å². The largest absolute Gasteiger partial charge is 0.463 e. The smallest absolute Gasteiger partial charge is 0.338 e. The van der Waals surface area contributed by atoms with Crippen molar-refractivity contribution in [3.05, 3.63) is 76.9 Å². The Kier molecular flexibility index (Phi) is 4.30. The van der Waals surface area contributed by atoms with Crippen LogP contribution in [0.1, 0.15) is 23.6 Å². The van der Waals surface area contributed by atoms with E-state index in [1.165, 1.54) is 6.08 Å². The van der Waals surface area contributed by atoms with Crippen molar-refractivity contribution in [3.63, 3.8) is 0 Å². The number of rotatable bonds is 5. The summed E-state index contributed by atoms with van der Waals surface area (Å²) in [6.07, 6.45) is 1.32. The van der Waals surface area contributed by atoms with Crippen LogP contribution < -0.4 is 0 Å². The average Bonchev–Trinajstić information content (AvgIpc) is 2.91. The summed E-state index contributed by atoms with van der Waals surface area (Å²) in [7, 11) is 0. The molecule has 24 heavy (non-hydrogen) atoms. The normalized spacial score (nSPS) is 18.7. The second-order valence-electron chi connectivity index (χ2n) is 5.61. The van der Waals surface area contributed by atoms with Gasteiger partial charge in [0.1, 0.15) is 0 Å². The van der Waals surface area contributed by atoms with Crippen LogP contribution in [-0.4, -0.2) is 18.4 Å². The van der Waals surface area contributed by atoms with Gasteiger partial charge >= 0.3 is 5.97 Å². The first-order valence-electron chi connectivity index (χ1n) is 7.82. The zero-order valence-corrected chi connectivity index (χ0v) is 13.3. The Labute approximate surface area is 139 Å². The van der Waals surface area contributed by atoms with Crippen molar-refractivity contribution in [2.75, 3.05) is 6.61 Å². The van der Waals surface area contributed by atoms with Gasteiger partial charge in [-0.3, -0.25) is 4.79 Å². The highest BCUT2D eigenvalue weighted by Gasteiger charge is 2.51. The minimum Gasteiger partial charge on any atom is -0.463 e. The van der Waals surface area contributed by atoms with E-state index in [-0.39, 0.29) is 24.2 Å². The predicted octanol–water partition coefficient (Wildman–Crippen LogP) is 3.62. The molecule has 0 spiro atoms. The average molecular weight is 324 g/mol. The molecule has 0 bridgehead atoms. The summed E-state index contributed by atoms with van der Waals surface area (Å²) in [6, 6.07) is 15.6. The Morgan fingerprint density at radius 1 is 1.04 bits per heavy atom. The lowest BCUT2D eigenvalue weighted by Gasteiger charge is -2.23. The quantitative estimate of drug-likeness (QED) is 0.789. The van der Waals surface area contributed by atoms with E-state index in [0.29, 0.717) is 11.1 Å². The zero-order chi connectivity index (χ0) is 17.2. The fraction of sp³-hybridized carbons (Fsp3) is 0.200. The van der Waals surface area contributed by atoms with Gasteiger partial charge in [0.25, 0.3) is 0 Å². The number of ketones is 1. The van der Waals surface area contributed by atoms with E-state index >= 15 is 4.39 Å². The molecule has 122 valence electrons. The van der Waals surface area contributed by atoms with Crippen LogP contribution in [0.3, 0.4) is 0 Å². The van der Waals surface area contributed by atoms with Crippen LogP contribution >= 0.6 is 0 Å². The highest BCUT2D eigenvalue weighted by Crippen LogP contribution is 2.45. The number of benzene rings is 2. The number of hydrogen-bond donors (Lipinski definition) is 0. The maximum Gasteiger partial charge on any atom is 0.338 e. The van der Waals surface area contributed by atoms with Gasteiger partial charge in [0.2, 0.25) is 5.67 Å². The minimum absolute atomic E-state index is 0.0948. The minimum atomic E-state index is -2.47. The Morgan fingerprint density at radius 2 is 1.71 bits per heavy atom. The van der Waals surface area contributed by atoms with Crippen LogP contribution in [0.15, 0.2) is 60.2 Å². The van der Waals surface area contributed by atoms with Crippen molar-refractivity contribution in [1.82, 2.24) is 0 Å². The molecule has 0 heterocycles. The van der Waals surface area contributed by atoms with E-state index in [9.17, 15) is 9.59 Å². The van der Waals surface area contributed by atoms with Gasteiger partial charge in [0, 0.05) is 12.0 Å². The van der Waals surface area contributed by atoms with Gasteiger partial charge in [-0.05, 0) is 24.1 Å². The summed E-state index contributed by atoms with van der Waals surface area (Å²) < 4.78 is 20.9. The fourth-order valence-corrected chi connectivity index (χ4v) is 2.95. The molecule has 0 aromatic heterocycles. The van der Waals surface area contributed by atoms with E-state index in [4.69, 9.17) is 4.74 Å². The molecular weight excluding hydrogens is 307 g/mol. The van der Waals surface area contributed by atoms with Gasteiger partial charge in [-0.25, -0.2) is 9.18 Å². The number of hydrogen-bond acceptors (Lipinski definition) is 3. The first kappa shape index (κ1) is 16.1. The standard InChI is InChI=1S/C20H17FO3/c1-2-24-19(23)17-13-15-10-6-7-11-16(15)20(17,21)18(22)12-14-8-4-3-5-9-14/h3-11,13H,2,12H2,1H3. The molecule has 0 saturated carbocycles. The molecule has 4 heteroatoms. The van der Waals surface area contributed by atoms with Gasteiger partial charge in [0.15, 0.2) is 5.78 Å². The molecule has 1 aliphatic carbocycles. The summed E-state index contributed by atoms with van der Waals surface area (Å²) in [4.78, 5) is 25.0. The van der Waals surface area contributed by atoms with Crippen molar-refractivity contribution >= 4 is 17.8 Å². The third-order valence-electron chi connectivity index (χ3n) is 4.09. The van der Waals surface area contributed by atoms with Crippen molar-refractivity contribution in [1.29, 1.82) is 0 Å². The van der Waals surface area contributed by atoms with Crippen LogP contribution in [0.5, 0.6) is 0 Å². The Morgan fingerprint density at radius 3 is 2.42 bits per heavy atom. The Hall–Kier alpha value is -2.75. The molecule has 0 N–H and O–H groups in total. The van der Waals surface area contributed by atoms with Crippen LogP contribution in [-0.2, 0) is 26.4 Å². The molecule has 0 fully saturated rings. The highest BCUT2D eigenvalue weighted by atomic mass is 19.1. The van der Waals surface area contributed by atoms with Crippen LogP contribution in [0, 0.1) is 0 Å². The lowest BCUT2D eigenvalue weighted by Crippen LogP contribution is -2.36. The molecule has 0 amide bonds. The van der Waals surface area contributed by atoms with E-state index in [1.807, 2.05) is 6.07 Å². The number of alkyl halides is 1. The van der Waals surface area contributed by atoms with Gasteiger partial charge in [-0.2, -0.15) is 0 Å². The van der Waals surface area contributed by atoms with Gasteiger partial charge < -0.3 is 4.74 Å². The molecular formula is C20H17FO3. The first-order valence-corrected chi connectivity index (χ1v) is 7.82. The number of ether oxygens (including phenoxy) is 1. The number of Topliss-reactive ketones (excluding diaryl/α,β-unsaturated/α-hetero) is 1. The molecule has 2 aromatic rings. The van der Waals surface area contributed by atoms with E-state index in [2.05, 4.69) is 0 Å². The zero-order valence-electron chi connectivity index (χ0n) is 13.3. The molecule has 0 saturated heterocycles. The van der Waals surface area contributed by atoms with Crippen LogP contribution in [0.25, 0.3) is 6.08 Å². The number of carbonyl (C=O) groups is 2. The summed E-state index contributed by atoms with van der Waals surface area (Å²) in [5.41, 5.74) is -1.28. The summed E-state index contributed by atoms with van der Waals surface area (Å²) >= 11 is 0. The van der Waals surface area contributed by atoms with Crippen molar-refractivity contribution < 1.29 is 18.7 Å². The number of halogens is 1. The topological polar surface area (TPSA) is 43.4 Å². The molecule has 1 atom stereocenters. The van der Waals surface area contributed by atoms with Gasteiger partial charge in [0.05, 0.1) is 12.2 Å². The molecule has 0 radical (unpaired) electrons. The Bertz CT molecular complexity index is 811. The van der Waals surface area contributed by atoms with E-state index in [1.54, 1.807) is 55.5 Å². The van der Waals surface area contributed by atoms with Crippen LogP contribution in [0.4, 0.5) is 4.39 Å². The van der Waals surface area contributed by atoms with Gasteiger partial charge in [-0.15, -0.1) is 0 Å². The summed E-state index contributed by atoms with van der Waals surface area (Å²) in [5, 5.41) is 0. The number of fused-ring (bicyclic) bond motifs is 1. The number of esters is 1. The first-order chi connectivity index (χ1) is 11.6. The van der Waals surface area contributed by atoms with E-state index < -0.39 is 17.4 Å². The Balaban J connectivity index is 2.01. The molecule has 1 unspecified atom stereocenters. The molecule has 3 nitrogen and oxygen atoms in total. The second-order valence-corrected chi connectivity index (χ2v) is 5.61. The summed E-state index contributed by atoms with van der Waals surface area (Å²) in [5.74, 6) is -1.46. The van der Waals surface area contributed by atoms with Crippen LogP contribution in [0.2, 0.25) is 0 Å². The van der Waals surface area contributed by atoms with Gasteiger partial charge in [-0.1, -0.05) is 54.6 Å². The second kappa shape index (κ2) is 6.40. The maximum absolute atomic E-state index is 15.9. The summed E-state index contributed by atoms with van der Waals surface area (Å²) in [6.45, 7) is 1.77. The molecule has 0 aliphatic heterocycles. The third-order valence-corrected chi connectivity index (χ3v) is 4.09. The van der Waals surface area contributed by atoms with Crippen molar-refractivity contribution in [2.24, 2.45) is 0 Å². The fourth-order valence-electron chi connectivity index (χ4n) is 2.95. The third kappa shape index (κ3) is 2.64. The van der Waals surface area contributed by atoms with Crippen molar-refractivity contribution in [2.45, 2.75) is 19.0 Å². The SMILES string of the molecule is CCOC(=O)C1=Cc2ccccc2C1(F)C(=O)Cc1ccccc1. The lowest BCUT2D eigenvalue weighted by molar-refractivity contribution is -0.143. The predicted molar refractivity (Wildman–Crippen MR) is 89.0 cm³/mol.